The van der Waals surface area contributed by atoms with E-state index in [-0.39, 0.29) is 6.10 Å². The Morgan fingerprint density at radius 3 is 2.27 bits per heavy atom. The summed E-state index contributed by atoms with van der Waals surface area (Å²) in [4.78, 5) is 0. The molecule has 0 saturated heterocycles. The number of hydrogen-bond acceptors (Lipinski definition) is 1. The quantitative estimate of drug-likeness (QED) is 0.680. The zero-order valence-corrected chi connectivity index (χ0v) is 10.5. The van der Waals surface area contributed by atoms with Crippen molar-refractivity contribution in [1.29, 1.82) is 0 Å². The molecule has 2 rings (SSSR count). The third kappa shape index (κ3) is 4.05. The van der Waals surface area contributed by atoms with Crippen LogP contribution in [0.3, 0.4) is 0 Å². The van der Waals surface area contributed by atoms with Gasteiger partial charge in [0, 0.05) is 0 Å². The smallest absolute Gasteiger partial charge is 0.0792 e. The Hall–Kier alpha value is -0.820. The largest absolute Gasteiger partial charge is 0.388 e. The molecule has 1 aromatic carbocycles. The Morgan fingerprint density at radius 2 is 1.67 bits per heavy atom. The Balaban J connectivity index is 0.000000442. The van der Waals surface area contributed by atoms with E-state index in [0.29, 0.717) is 0 Å². The Labute approximate surface area is 94.2 Å². The molecule has 0 radical (unpaired) electrons. The first kappa shape index (κ1) is 14.2. The molecule has 0 aromatic heterocycles. The Morgan fingerprint density at radius 1 is 1.07 bits per heavy atom. The Kier molecular flexibility index (Phi) is 8.02. The van der Waals surface area contributed by atoms with Crippen molar-refractivity contribution in [2.75, 3.05) is 0 Å². The summed E-state index contributed by atoms with van der Waals surface area (Å²) >= 11 is 0. The van der Waals surface area contributed by atoms with E-state index in [2.05, 4.69) is 6.07 Å². The molecular weight excluding hydrogens is 184 g/mol. The van der Waals surface area contributed by atoms with Crippen LogP contribution in [0.1, 0.15) is 57.8 Å². The van der Waals surface area contributed by atoms with E-state index in [0.717, 1.165) is 24.8 Å². The monoisotopic (exact) mass is 208 g/mol. The molecule has 1 heteroatoms. The van der Waals surface area contributed by atoms with Gasteiger partial charge in [0.15, 0.2) is 0 Å². The lowest BCUT2D eigenvalue weighted by atomic mass is 9.90. The fraction of sp³-hybridized carbons (Fsp3) is 0.571. The molecule has 0 amide bonds. The zero-order valence-electron chi connectivity index (χ0n) is 10.5. The number of benzene rings is 1. The van der Waals surface area contributed by atoms with Crippen molar-refractivity contribution in [3.05, 3.63) is 35.4 Å². The van der Waals surface area contributed by atoms with Crippen LogP contribution in [0.2, 0.25) is 0 Å². The maximum atomic E-state index is 9.56. The minimum atomic E-state index is -0.208. The van der Waals surface area contributed by atoms with E-state index in [9.17, 15) is 5.11 Å². The van der Waals surface area contributed by atoms with E-state index in [1.165, 1.54) is 5.56 Å². The molecule has 0 heterocycles. The summed E-state index contributed by atoms with van der Waals surface area (Å²) in [6.45, 7) is 8.00. The van der Waals surface area contributed by atoms with Crippen molar-refractivity contribution in [3.8, 4) is 0 Å². The van der Waals surface area contributed by atoms with Crippen LogP contribution in [0, 0.1) is 0 Å². The van der Waals surface area contributed by atoms with Crippen molar-refractivity contribution < 1.29 is 5.11 Å². The maximum absolute atomic E-state index is 9.56. The second-order valence-corrected chi connectivity index (χ2v) is 3.11. The topological polar surface area (TPSA) is 20.2 Å². The van der Waals surface area contributed by atoms with Crippen molar-refractivity contribution in [3.63, 3.8) is 0 Å². The molecule has 86 valence electrons. The van der Waals surface area contributed by atoms with Crippen molar-refractivity contribution in [1.82, 2.24) is 0 Å². The van der Waals surface area contributed by atoms with Crippen molar-refractivity contribution >= 4 is 0 Å². The molecule has 1 N–H and O–H groups in total. The predicted molar refractivity (Wildman–Crippen MR) is 67.0 cm³/mol. The van der Waals surface area contributed by atoms with Crippen LogP contribution in [0.4, 0.5) is 0 Å². The molecule has 1 atom stereocenters. The molecular formula is C14H24O. The van der Waals surface area contributed by atoms with Crippen LogP contribution in [-0.4, -0.2) is 5.11 Å². The summed E-state index contributed by atoms with van der Waals surface area (Å²) < 4.78 is 0. The van der Waals surface area contributed by atoms with Gasteiger partial charge in [-0.2, -0.15) is 0 Å². The fourth-order valence-corrected chi connectivity index (χ4v) is 1.73. The number of aliphatic hydroxyl groups excluding tert-OH is 1. The summed E-state index contributed by atoms with van der Waals surface area (Å²) in [6, 6.07) is 8.17. The highest BCUT2D eigenvalue weighted by molar-refractivity contribution is 5.30. The normalized spacial score (nSPS) is 17.5. The first-order chi connectivity index (χ1) is 7.38. The standard InChI is InChI=1S/C10H12O.2C2H6/c11-10-7-3-5-8-4-1-2-6-9(8)10;2*1-2/h1-2,4,6,10-11H,3,5,7H2;2*1-2H3/t10-;;/m0../s1. The molecule has 1 aromatic rings. The number of fused-ring (bicyclic) bond motifs is 1. The van der Waals surface area contributed by atoms with Gasteiger partial charge in [-0.25, -0.2) is 0 Å². The minimum Gasteiger partial charge on any atom is -0.388 e. The lowest BCUT2D eigenvalue weighted by Gasteiger charge is -2.20. The van der Waals surface area contributed by atoms with Gasteiger partial charge in [0.1, 0.15) is 0 Å². The summed E-state index contributed by atoms with van der Waals surface area (Å²) in [5.41, 5.74) is 2.46. The third-order valence-corrected chi connectivity index (χ3v) is 2.34. The van der Waals surface area contributed by atoms with Crippen LogP contribution in [-0.2, 0) is 6.42 Å². The van der Waals surface area contributed by atoms with Crippen LogP contribution in [0.25, 0.3) is 0 Å². The highest BCUT2D eigenvalue weighted by Gasteiger charge is 2.15. The average Bonchev–Trinajstić information content (AvgIpc) is 2.35. The number of aliphatic hydroxyl groups is 1. The lowest BCUT2D eigenvalue weighted by Crippen LogP contribution is -2.08. The summed E-state index contributed by atoms with van der Waals surface area (Å²) in [7, 11) is 0. The molecule has 1 aliphatic carbocycles. The van der Waals surface area contributed by atoms with Gasteiger partial charge < -0.3 is 5.11 Å². The molecule has 15 heavy (non-hydrogen) atoms. The average molecular weight is 208 g/mol. The van der Waals surface area contributed by atoms with Crippen molar-refractivity contribution in [2.24, 2.45) is 0 Å². The minimum absolute atomic E-state index is 0.208. The first-order valence-electron chi connectivity index (χ1n) is 6.14. The molecule has 0 spiro atoms. The second kappa shape index (κ2) is 8.49. The van der Waals surface area contributed by atoms with Gasteiger partial charge in [0.05, 0.1) is 6.10 Å². The Bertz CT molecular complexity index is 255. The third-order valence-electron chi connectivity index (χ3n) is 2.34. The number of aryl methyl sites for hydroxylation is 1. The van der Waals surface area contributed by atoms with Gasteiger partial charge >= 0.3 is 0 Å². The summed E-state index contributed by atoms with van der Waals surface area (Å²) in [5.74, 6) is 0. The zero-order chi connectivity index (χ0) is 11.7. The van der Waals surface area contributed by atoms with E-state index in [1.807, 2.05) is 45.9 Å². The molecule has 1 aliphatic rings. The van der Waals surface area contributed by atoms with E-state index in [4.69, 9.17) is 0 Å². The first-order valence-corrected chi connectivity index (χ1v) is 6.14. The maximum Gasteiger partial charge on any atom is 0.0792 e. The van der Waals surface area contributed by atoms with E-state index >= 15 is 0 Å². The van der Waals surface area contributed by atoms with Gasteiger partial charge in [0.2, 0.25) is 0 Å². The lowest BCUT2D eigenvalue weighted by molar-refractivity contribution is 0.156. The molecule has 0 fully saturated rings. The van der Waals surface area contributed by atoms with E-state index in [1.54, 1.807) is 0 Å². The predicted octanol–water partition coefficient (Wildman–Crippen LogP) is 4.11. The molecule has 0 bridgehead atoms. The molecule has 0 saturated carbocycles. The molecule has 0 unspecified atom stereocenters. The van der Waals surface area contributed by atoms with Crippen LogP contribution >= 0.6 is 0 Å². The van der Waals surface area contributed by atoms with Crippen molar-refractivity contribution in [2.45, 2.75) is 53.1 Å². The summed E-state index contributed by atoms with van der Waals surface area (Å²) in [5, 5.41) is 9.56. The van der Waals surface area contributed by atoms with Gasteiger partial charge in [-0.1, -0.05) is 52.0 Å². The number of rotatable bonds is 0. The van der Waals surface area contributed by atoms with Gasteiger partial charge in [-0.3, -0.25) is 0 Å². The van der Waals surface area contributed by atoms with E-state index < -0.39 is 0 Å². The van der Waals surface area contributed by atoms with Crippen LogP contribution in [0.15, 0.2) is 24.3 Å². The fourth-order valence-electron chi connectivity index (χ4n) is 1.73. The highest BCUT2D eigenvalue weighted by atomic mass is 16.3. The SMILES string of the molecule is CC.CC.O[C@H]1CCCc2ccccc21. The van der Waals surface area contributed by atoms with Gasteiger partial charge in [-0.15, -0.1) is 0 Å². The van der Waals surface area contributed by atoms with Crippen LogP contribution < -0.4 is 0 Å². The number of hydrogen-bond donors (Lipinski definition) is 1. The highest BCUT2D eigenvalue weighted by Crippen LogP contribution is 2.28. The summed E-state index contributed by atoms with van der Waals surface area (Å²) in [6.07, 6.45) is 2.97. The van der Waals surface area contributed by atoms with Gasteiger partial charge in [0.25, 0.3) is 0 Å². The van der Waals surface area contributed by atoms with Crippen LogP contribution in [0.5, 0.6) is 0 Å². The molecule has 1 nitrogen and oxygen atoms in total. The molecule has 0 aliphatic heterocycles. The second-order valence-electron chi connectivity index (χ2n) is 3.11. The van der Waals surface area contributed by atoms with Gasteiger partial charge in [-0.05, 0) is 30.4 Å².